The zero-order valence-corrected chi connectivity index (χ0v) is 22.3. The lowest BCUT2D eigenvalue weighted by Gasteiger charge is -2.30. The van der Waals surface area contributed by atoms with Gasteiger partial charge in [-0.05, 0) is 49.1 Å². The monoisotopic (exact) mass is 545 g/mol. The molecule has 1 heterocycles. The molecule has 0 unspecified atom stereocenters. The van der Waals surface area contributed by atoms with Crippen molar-refractivity contribution < 1.29 is 32.5 Å². The van der Waals surface area contributed by atoms with Crippen LogP contribution < -0.4 is 10.1 Å². The van der Waals surface area contributed by atoms with E-state index in [4.69, 9.17) is 19.5 Å². The fraction of sp³-hybridized carbons (Fsp3) is 0.481. The quantitative estimate of drug-likeness (QED) is 0.346. The summed E-state index contributed by atoms with van der Waals surface area (Å²) in [5, 5.41) is 22.9. The Morgan fingerprint density at radius 3 is 2.58 bits per heavy atom. The molecule has 2 aromatic carbocycles. The highest BCUT2D eigenvalue weighted by atomic mass is 32.2. The van der Waals surface area contributed by atoms with Gasteiger partial charge in [-0.1, -0.05) is 30.3 Å². The van der Waals surface area contributed by atoms with Crippen LogP contribution in [0, 0.1) is 11.3 Å². The van der Waals surface area contributed by atoms with Crippen molar-refractivity contribution in [3.05, 3.63) is 60.2 Å². The van der Waals surface area contributed by atoms with Gasteiger partial charge in [0, 0.05) is 25.9 Å². The first-order valence-corrected chi connectivity index (χ1v) is 14.1. The predicted molar refractivity (Wildman–Crippen MR) is 140 cm³/mol. The molecule has 0 radical (unpaired) electrons. The van der Waals surface area contributed by atoms with Crippen LogP contribution in [0.2, 0.25) is 0 Å². The average Bonchev–Trinajstić information content (AvgIpc) is 3.43. The second-order valence-electron chi connectivity index (χ2n) is 9.05. The normalized spacial score (nSPS) is 16.9. The lowest BCUT2D eigenvalue weighted by atomic mass is 10.0. The smallest absolute Gasteiger partial charge is 0.407 e. The van der Waals surface area contributed by atoms with E-state index in [-0.39, 0.29) is 30.5 Å². The third kappa shape index (κ3) is 8.70. The highest BCUT2D eigenvalue weighted by molar-refractivity contribution is 7.89. The van der Waals surface area contributed by atoms with Crippen LogP contribution >= 0.6 is 0 Å². The maximum atomic E-state index is 13.5. The van der Waals surface area contributed by atoms with Crippen molar-refractivity contribution in [2.45, 2.75) is 55.2 Å². The number of carbonyl (C=O) groups excluding carboxylic acids is 1. The number of nitriles is 1. The fourth-order valence-corrected chi connectivity index (χ4v) is 5.62. The van der Waals surface area contributed by atoms with E-state index in [0.717, 1.165) is 5.56 Å². The molecule has 2 N–H and O–H groups in total. The Morgan fingerprint density at radius 1 is 1.21 bits per heavy atom. The Labute approximate surface area is 224 Å². The Hall–Kier alpha value is -3.17. The third-order valence-electron chi connectivity index (χ3n) is 6.26. The van der Waals surface area contributed by atoms with E-state index >= 15 is 0 Å². The largest absolute Gasteiger partial charge is 0.497 e. The van der Waals surface area contributed by atoms with Crippen LogP contribution in [0.1, 0.15) is 31.2 Å². The Kier molecular flexibility index (Phi) is 11.4. The first kappa shape index (κ1) is 29.4. The standard InChI is InChI=1S/C27H35N3O7S/c1-35-22-10-12-24(13-11-22)38(33,34)30(16-7-3-6-15-28)19-26(31)25(18-21-8-4-2-5-9-21)29-27(32)37-23-14-17-36-20-23/h2,4-5,8-13,23,25-26,31H,3,6-7,14,16-20H2,1H3,(H,29,32)/t23-,25-,26-/m0/s1. The van der Waals surface area contributed by atoms with Crippen LogP contribution in [-0.2, 0) is 25.9 Å². The van der Waals surface area contributed by atoms with E-state index in [0.29, 0.717) is 44.6 Å². The molecule has 206 valence electrons. The molecule has 0 aromatic heterocycles. The summed E-state index contributed by atoms with van der Waals surface area (Å²) in [5.74, 6) is 0.517. The van der Waals surface area contributed by atoms with Gasteiger partial charge >= 0.3 is 6.09 Å². The molecule has 3 rings (SSSR count). The summed E-state index contributed by atoms with van der Waals surface area (Å²) < 4.78 is 44.1. The van der Waals surface area contributed by atoms with E-state index in [2.05, 4.69) is 11.4 Å². The molecule has 1 aliphatic rings. The molecule has 0 spiro atoms. The van der Waals surface area contributed by atoms with Crippen molar-refractivity contribution >= 4 is 16.1 Å². The SMILES string of the molecule is COc1ccc(S(=O)(=O)N(CCCCC#N)C[C@H](O)[C@H](Cc2ccccc2)NC(=O)O[C@H]2CCOC2)cc1. The van der Waals surface area contributed by atoms with Gasteiger partial charge in [0.15, 0.2) is 0 Å². The Balaban J connectivity index is 1.80. The molecule has 0 aliphatic carbocycles. The molecular formula is C27H35N3O7S. The van der Waals surface area contributed by atoms with Crippen LogP contribution in [0.15, 0.2) is 59.5 Å². The van der Waals surface area contributed by atoms with Gasteiger partial charge in [0.25, 0.3) is 0 Å². The minimum absolute atomic E-state index is 0.0546. The number of nitrogens with one attached hydrogen (secondary N) is 1. The van der Waals surface area contributed by atoms with Gasteiger partial charge < -0.3 is 24.6 Å². The molecule has 3 atom stereocenters. The molecule has 0 bridgehead atoms. The highest BCUT2D eigenvalue weighted by Gasteiger charge is 2.31. The number of carbonyl (C=O) groups is 1. The van der Waals surface area contributed by atoms with Gasteiger partial charge in [-0.2, -0.15) is 9.57 Å². The minimum atomic E-state index is -3.99. The number of aliphatic hydroxyl groups excluding tert-OH is 1. The summed E-state index contributed by atoms with van der Waals surface area (Å²) in [7, 11) is -2.50. The molecule has 10 nitrogen and oxygen atoms in total. The van der Waals surface area contributed by atoms with Crippen molar-refractivity contribution in [3.8, 4) is 11.8 Å². The summed E-state index contributed by atoms with van der Waals surface area (Å²) in [5.41, 5.74) is 0.861. The number of unbranched alkanes of at least 4 members (excludes halogenated alkanes) is 2. The second kappa shape index (κ2) is 14.7. The first-order chi connectivity index (χ1) is 18.3. The van der Waals surface area contributed by atoms with E-state index < -0.39 is 28.3 Å². The summed E-state index contributed by atoms with van der Waals surface area (Å²) in [4.78, 5) is 12.7. The number of rotatable bonds is 14. The zero-order valence-electron chi connectivity index (χ0n) is 21.5. The second-order valence-corrected chi connectivity index (χ2v) is 11.0. The maximum Gasteiger partial charge on any atom is 0.407 e. The van der Waals surface area contributed by atoms with Gasteiger partial charge in [0.1, 0.15) is 11.9 Å². The summed E-state index contributed by atoms with van der Waals surface area (Å²) >= 11 is 0. The molecule has 1 fully saturated rings. The number of ether oxygens (including phenoxy) is 3. The molecule has 2 aromatic rings. The zero-order chi connectivity index (χ0) is 27.4. The predicted octanol–water partition coefficient (Wildman–Crippen LogP) is 2.87. The number of amides is 1. The Morgan fingerprint density at radius 2 is 1.95 bits per heavy atom. The topological polar surface area (TPSA) is 138 Å². The number of alkyl carbamates (subject to hydrolysis) is 1. The van der Waals surface area contributed by atoms with Gasteiger partial charge in [0.05, 0.1) is 43.4 Å². The molecule has 1 saturated heterocycles. The van der Waals surface area contributed by atoms with Crippen LogP contribution in [0.4, 0.5) is 4.79 Å². The van der Waals surface area contributed by atoms with Gasteiger partial charge in [-0.3, -0.25) is 0 Å². The number of hydrogen-bond donors (Lipinski definition) is 2. The van der Waals surface area contributed by atoms with Crippen LogP contribution in [0.25, 0.3) is 0 Å². The highest BCUT2D eigenvalue weighted by Crippen LogP contribution is 2.21. The summed E-state index contributed by atoms with van der Waals surface area (Å²) in [6.07, 6.45) is -0.187. The van der Waals surface area contributed by atoms with Crippen molar-refractivity contribution in [2.24, 2.45) is 0 Å². The fourth-order valence-electron chi connectivity index (χ4n) is 4.13. The van der Waals surface area contributed by atoms with Crippen molar-refractivity contribution in [1.82, 2.24) is 9.62 Å². The molecule has 1 amide bonds. The first-order valence-electron chi connectivity index (χ1n) is 12.6. The molecule has 1 aliphatic heterocycles. The lowest BCUT2D eigenvalue weighted by Crippen LogP contribution is -2.51. The third-order valence-corrected chi connectivity index (χ3v) is 8.14. The average molecular weight is 546 g/mol. The molecular weight excluding hydrogens is 510 g/mol. The van der Waals surface area contributed by atoms with E-state index in [1.54, 1.807) is 12.1 Å². The number of hydrogen-bond acceptors (Lipinski definition) is 8. The van der Waals surface area contributed by atoms with E-state index in [1.807, 2.05) is 30.3 Å². The number of methoxy groups -OCH3 is 1. The van der Waals surface area contributed by atoms with Crippen LogP contribution in [-0.4, -0.2) is 75.6 Å². The van der Waals surface area contributed by atoms with E-state index in [9.17, 15) is 18.3 Å². The van der Waals surface area contributed by atoms with Crippen LogP contribution in [0.5, 0.6) is 5.75 Å². The minimum Gasteiger partial charge on any atom is -0.497 e. The van der Waals surface area contributed by atoms with Crippen molar-refractivity contribution in [1.29, 1.82) is 5.26 Å². The van der Waals surface area contributed by atoms with Crippen molar-refractivity contribution in [2.75, 3.05) is 33.4 Å². The van der Waals surface area contributed by atoms with Crippen LogP contribution in [0.3, 0.4) is 0 Å². The lowest BCUT2D eigenvalue weighted by molar-refractivity contribution is 0.0649. The van der Waals surface area contributed by atoms with Gasteiger partial charge in [0.2, 0.25) is 10.0 Å². The van der Waals surface area contributed by atoms with Gasteiger partial charge in [-0.15, -0.1) is 0 Å². The number of benzene rings is 2. The summed E-state index contributed by atoms with van der Waals surface area (Å²) in [6.45, 7) is 0.675. The molecule has 0 saturated carbocycles. The van der Waals surface area contributed by atoms with Crippen molar-refractivity contribution in [3.63, 3.8) is 0 Å². The Bertz CT molecular complexity index is 1150. The summed E-state index contributed by atoms with van der Waals surface area (Å²) in [6, 6.07) is 16.5. The molecule has 11 heteroatoms. The number of sulfonamides is 1. The number of aliphatic hydroxyl groups is 1. The van der Waals surface area contributed by atoms with Gasteiger partial charge in [-0.25, -0.2) is 13.2 Å². The van der Waals surface area contributed by atoms with E-state index in [1.165, 1.54) is 23.5 Å². The maximum absolute atomic E-state index is 13.5. The molecule has 38 heavy (non-hydrogen) atoms. The number of nitrogens with zero attached hydrogens (tertiary/aromatic N) is 2.